The van der Waals surface area contributed by atoms with Gasteiger partial charge in [0.25, 0.3) is 23.4 Å². The molecule has 1 heterocycles. The minimum Gasteiger partial charge on any atom is -0.383 e. The van der Waals surface area contributed by atoms with Gasteiger partial charge in [0.1, 0.15) is 0 Å². The van der Waals surface area contributed by atoms with Crippen LogP contribution in [0.3, 0.4) is 0 Å². The summed E-state index contributed by atoms with van der Waals surface area (Å²) >= 11 is 0. The molecule has 1 aliphatic rings. The van der Waals surface area contributed by atoms with Crippen molar-refractivity contribution in [3.8, 4) is 0 Å². The Bertz CT molecular complexity index is 1230. The summed E-state index contributed by atoms with van der Waals surface area (Å²) in [5.74, 6) is -1.17. The van der Waals surface area contributed by atoms with Crippen molar-refractivity contribution in [1.82, 2.24) is 10.2 Å². The first-order valence-corrected chi connectivity index (χ1v) is 10.2. The standard InChI is InChI=1S/C24H20N4O5/c29-22(26-13-12-25-18-7-9-19(10-8-18)28(32)33)17-6-11-20-21(14-17)24(31)27(23(20)30)15-16-4-2-1-3-5-16/h1-11,14,25H,12-13,15H2,(H,26,29). The average Bonchev–Trinajstić information content (AvgIpc) is 3.07. The van der Waals surface area contributed by atoms with Gasteiger partial charge in [0.05, 0.1) is 22.6 Å². The SMILES string of the molecule is O=C(NCCNc1ccc([N+](=O)[O-])cc1)c1ccc2c(c1)C(=O)N(Cc1ccccc1)C2=O. The molecule has 0 saturated heterocycles. The van der Waals surface area contributed by atoms with Crippen LogP contribution in [0.15, 0.2) is 72.8 Å². The van der Waals surface area contributed by atoms with E-state index < -0.39 is 10.8 Å². The largest absolute Gasteiger partial charge is 0.383 e. The molecule has 3 aromatic rings. The van der Waals surface area contributed by atoms with Crippen LogP contribution in [0.2, 0.25) is 0 Å². The average molecular weight is 444 g/mol. The van der Waals surface area contributed by atoms with Crippen molar-refractivity contribution in [3.05, 3.63) is 105 Å². The molecule has 166 valence electrons. The molecule has 9 heteroatoms. The molecular formula is C24H20N4O5. The topological polar surface area (TPSA) is 122 Å². The van der Waals surface area contributed by atoms with Gasteiger partial charge in [0, 0.05) is 36.5 Å². The van der Waals surface area contributed by atoms with E-state index in [4.69, 9.17) is 0 Å². The molecule has 33 heavy (non-hydrogen) atoms. The number of hydrogen-bond donors (Lipinski definition) is 2. The van der Waals surface area contributed by atoms with Crippen LogP contribution in [0.25, 0.3) is 0 Å². The normalized spacial score (nSPS) is 12.4. The van der Waals surface area contributed by atoms with Gasteiger partial charge in [0.2, 0.25) is 0 Å². The molecule has 0 atom stereocenters. The molecule has 0 unspecified atom stereocenters. The number of fused-ring (bicyclic) bond motifs is 1. The molecule has 3 aromatic carbocycles. The summed E-state index contributed by atoms with van der Waals surface area (Å²) < 4.78 is 0. The summed E-state index contributed by atoms with van der Waals surface area (Å²) in [6, 6.07) is 19.7. The monoisotopic (exact) mass is 444 g/mol. The zero-order valence-corrected chi connectivity index (χ0v) is 17.5. The van der Waals surface area contributed by atoms with Crippen molar-refractivity contribution in [2.45, 2.75) is 6.54 Å². The Morgan fingerprint density at radius 3 is 2.27 bits per heavy atom. The quantitative estimate of drug-likeness (QED) is 0.238. The molecule has 0 aliphatic carbocycles. The molecule has 3 amide bonds. The first-order chi connectivity index (χ1) is 15.9. The van der Waals surface area contributed by atoms with Crippen molar-refractivity contribution >= 4 is 29.1 Å². The van der Waals surface area contributed by atoms with E-state index >= 15 is 0 Å². The second-order valence-electron chi connectivity index (χ2n) is 7.43. The predicted molar refractivity (Wildman–Crippen MR) is 121 cm³/mol. The van der Waals surface area contributed by atoms with Gasteiger partial charge in [-0.25, -0.2) is 0 Å². The molecule has 2 N–H and O–H groups in total. The maximum atomic E-state index is 12.8. The van der Waals surface area contributed by atoms with Gasteiger partial charge in [-0.15, -0.1) is 0 Å². The van der Waals surface area contributed by atoms with Crippen LogP contribution in [-0.2, 0) is 6.54 Å². The van der Waals surface area contributed by atoms with Gasteiger partial charge in [-0.1, -0.05) is 30.3 Å². The number of non-ortho nitro benzene ring substituents is 1. The number of hydrogen-bond acceptors (Lipinski definition) is 6. The molecule has 0 spiro atoms. The van der Waals surface area contributed by atoms with E-state index in [2.05, 4.69) is 10.6 Å². The highest BCUT2D eigenvalue weighted by molar-refractivity contribution is 6.22. The summed E-state index contributed by atoms with van der Waals surface area (Å²) in [6.07, 6.45) is 0. The number of imide groups is 1. The summed E-state index contributed by atoms with van der Waals surface area (Å²) in [5, 5.41) is 16.5. The molecule has 0 saturated carbocycles. The van der Waals surface area contributed by atoms with Gasteiger partial charge in [-0.2, -0.15) is 0 Å². The summed E-state index contributed by atoms with van der Waals surface area (Å²) in [4.78, 5) is 49.3. The molecular weight excluding hydrogens is 424 g/mol. The zero-order valence-electron chi connectivity index (χ0n) is 17.5. The summed E-state index contributed by atoms with van der Waals surface area (Å²) in [5.41, 5.74) is 2.31. The lowest BCUT2D eigenvalue weighted by Gasteiger charge is -2.13. The number of amides is 3. The van der Waals surface area contributed by atoms with Gasteiger partial charge < -0.3 is 10.6 Å². The Morgan fingerprint density at radius 1 is 0.879 bits per heavy atom. The van der Waals surface area contributed by atoms with Gasteiger partial charge >= 0.3 is 0 Å². The number of rotatable bonds is 8. The predicted octanol–water partition coefficient (Wildman–Crippen LogP) is 3.23. The maximum absolute atomic E-state index is 12.8. The minimum atomic E-state index is -0.472. The lowest BCUT2D eigenvalue weighted by atomic mass is 10.1. The highest BCUT2D eigenvalue weighted by Gasteiger charge is 2.35. The Labute approximate surface area is 189 Å². The molecule has 0 bridgehead atoms. The highest BCUT2D eigenvalue weighted by Crippen LogP contribution is 2.25. The lowest BCUT2D eigenvalue weighted by molar-refractivity contribution is -0.384. The van der Waals surface area contributed by atoms with E-state index in [0.717, 1.165) is 5.56 Å². The highest BCUT2D eigenvalue weighted by atomic mass is 16.6. The Hall–Kier alpha value is -4.53. The van der Waals surface area contributed by atoms with Crippen LogP contribution in [0.5, 0.6) is 0 Å². The van der Waals surface area contributed by atoms with Gasteiger partial charge in [-0.3, -0.25) is 29.4 Å². The number of benzene rings is 3. The molecule has 0 aromatic heterocycles. The van der Waals surface area contributed by atoms with Crippen molar-refractivity contribution in [2.24, 2.45) is 0 Å². The van der Waals surface area contributed by atoms with Crippen molar-refractivity contribution in [2.75, 3.05) is 18.4 Å². The van der Waals surface area contributed by atoms with E-state index in [-0.39, 0.29) is 40.7 Å². The van der Waals surface area contributed by atoms with Gasteiger partial charge in [0.15, 0.2) is 0 Å². The number of nitrogens with zero attached hydrogens (tertiary/aromatic N) is 2. The zero-order chi connectivity index (χ0) is 23.4. The number of nitro benzene ring substituents is 1. The van der Waals surface area contributed by atoms with E-state index in [1.54, 1.807) is 12.1 Å². The van der Waals surface area contributed by atoms with E-state index in [0.29, 0.717) is 18.8 Å². The van der Waals surface area contributed by atoms with Crippen molar-refractivity contribution in [1.29, 1.82) is 0 Å². The summed E-state index contributed by atoms with van der Waals surface area (Å²) in [6.45, 7) is 0.861. The Morgan fingerprint density at radius 2 is 1.58 bits per heavy atom. The van der Waals surface area contributed by atoms with Gasteiger partial charge in [-0.05, 0) is 35.9 Å². The second kappa shape index (κ2) is 9.31. The maximum Gasteiger partial charge on any atom is 0.269 e. The fraction of sp³-hybridized carbons (Fsp3) is 0.125. The van der Waals surface area contributed by atoms with Crippen LogP contribution in [-0.4, -0.2) is 40.6 Å². The fourth-order valence-corrected chi connectivity index (χ4v) is 3.53. The van der Waals surface area contributed by atoms with E-state index in [1.165, 1.54) is 35.2 Å². The van der Waals surface area contributed by atoms with E-state index in [1.807, 2.05) is 30.3 Å². The fourth-order valence-electron chi connectivity index (χ4n) is 3.53. The third-order valence-electron chi connectivity index (χ3n) is 5.23. The smallest absolute Gasteiger partial charge is 0.269 e. The minimum absolute atomic E-state index is 0.000764. The van der Waals surface area contributed by atoms with Crippen LogP contribution < -0.4 is 10.6 Å². The molecule has 1 aliphatic heterocycles. The number of nitro groups is 1. The molecule has 0 fully saturated rings. The number of carbonyl (C=O) groups is 3. The third-order valence-corrected chi connectivity index (χ3v) is 5.23. The second-order valence-corrected chi connectivity index (χ2v) is 7.43. The molecule has 9 nitrogen and oxygen atoms in total. The lowest BCUT2D eigenvalue weighted by Crippen LogP contribution is -2.29. The first-order valence-electron chi connectivity index (χ1n) is 10.2. The number of nitrogens with one attached hydrogen (secondary N) is 2. The third kappa shape index (κ3) is 4.72. The van der Waals surface area contributed by atoms with E-state index in [9.17, 15) is 24.5 Å². The van der Waals surface area contributed by atoms with Crippen molar-refractivity contribution in [3.63, 3.8) is 0 Å². The molecule has 4 rings (SSSR count). The van der Waals surface area contributed by atoms with Crippen LogP contribution in [0, 0.1) is 10.1 Å². The van der Waals surface area contributed by atoms with Crippen LogP contribution >= 0.6 is 0 Å². The summed E-state index contributed by atoms with van der Waals surface area (Å²) in [7, 11) is 0. The Kier molecular flexibility index (Phi) is 6.12. The van der Waals surface area contributed by atoms with Crippen LogP contribution in [0.1, 0.15) is 36.6 Å². The number of carbonyl (C=O) groups excluding carboxylic acids is 3. The molecule has 0 radical (unpaired) electrons. The van der Waals surface area contributed by atoms with Crippen LogP contribution in [0.4, 0.5) is 11.4 Å². The van der Waals surface area contributed by atoms with Crippen molar-refractivity contribution < 1.29 is 19.3 Å². The first kappa shape index (κ1) is 21.7. The Balaban J connectivity index is 1.34. The number of anilines is 1.